The highest BCUT2D eigenvalue weighted by atomic mass is 19.4. The third-order valence-corrected chi connectivity index (χ3v) is 2.85. The maximum Gasteiger partial charge on any atom is 0.389 e. The van der Waals surface area contributed by atoms with E-state index in [0.29, 0.717) is 13.1 Å². The molecule has 19 heavy (non-hydrogen) atoms. The van der Waals surface area contributed by atoms with Gasteiger partial charge in [-0.1, -0.05) is 12.1 Å². The lowest BCUT2D eigenvalue weighted by Gasteiger charge is -2.08. The fourth-order valence-electron chi connectivity index (χ4n) is 1.89. The second-order valence-electron chi connectivity index (χ2n) is 4.45. The first-order valence-corrected chi connectivity index (χ1v) is 6.15. The van der Waals surface area contributed by atoms with Crippen molar-refractivity contribution in [3.05, 3.63) is 42.2 Å². The zero-order chi connectivity index (χ0) is 13.7. The number of fused-ring (bicyclic) bond motifs is 1. The topological polar surface area (TPSA) is 24.9 Å². The predicted octanol–water partition coefficient (Wildman–Crippen LogP) is 3.67. The van der Waals surface area contributed by atoms with Crippen LogP contribution in [0.1, 0.15) is 18.4 Å². The highest BCUT2D eigenvalue weighted by molar-refractivity contribution is 5.81. The lowest BCUT2D eigenvalue weighted by atomic mass is 10.1. The second kappa shape index (κ2) is 6.02. The molecule has 0 aliphatic carbocycles. The van der Waals surface area contributed by atoms with E-state index in [-0.39, 0.29) is 6.42 Å². The van der Waals surface area contributed by atoms with E-state index in [4.69, 9.17) is 0 Å². The van der Waals surface area contributed by atoms with Crippen molar-refractivity contribution < 1.29 is 13.2 Å². The lowest BCUT2D eigenvalue weighted by molar-refractivity contribution is -0.135. The van der Waals surface area contributed by atoms with E-state index in [2.05, 4.69) is 10.3 Å². The average Bonchev–Trinajstić information content (AvgIpc) is 2.37. The van der Waals surface area contributed by atoms with Gasteiger partial charge < -0.3 is 5.32 Å². The molecule has 1 heterocycles. The van der Waals surface area contributed by atoms with Crippen molar-refractivity contribution in [3.8, 4) is 0 Å². The van der Waals surface area contributed by atoms with Gasteiger partial charge in [0, 0.05) is 30.7 Å². The lowest BCUT2D eigenvalue weighted by Crippen LogP contribution is -2.17. The summed E-state index contributed by atoms with van der Waals surface area (Å²) in [4.78, 5) is 4.03. The van der Waals surface area contributed by atoms with Crippen LogP contribution in [0.5, 0.6) is 0 Å². The molecule has 0 bridgehead atoms. The molecule has 0 unspecified atom stereocenters. The third-order valence-electron chi connectivity index (χ3n) is 2.85. The Morgan fingerprint density at radius 2 is 1.95 bits per heavy atom. The monoisotopic (exact) mass is 268 g/mol. The van der Waals surface area contributed by atoms with Crippen molar-refractivity contribution in [3.63, 3.8) is 0 Å². The van der Waals surface area contributed by atoms with E-state index in [0.717, 1.165) is 16.3 Å². The van der Waals surface area contributed by atoms with Gasteiger partial charge in [0.2, 0.25) is 0 Å². The summed E-state index contributed by atoms with van der Waals surface area (Å²) in [6.07, 6.45) is -1.17. The van der Waals surface area contributed by atoms with Crippen LogP contribution >= 0.6 is 0 Å². The summed E-state index contributed by atoms with van der Waals surface area (Å²) in [5.41, 5.74) is 1.06. The van der Waals surface area contributed by atoms with E-state index in [1.54, 1.807) is 12.4 Å². The summed E-state index contributed by atoms with van der Waals surface area (Å²) < 4.78 is 35.8. The number of hydrogen-bond acceptors (Lipinski definition) is 2. The van der Waals surface area contributed by atoms with Gasteiger partial charge in [-0.05, 0) is 36.0 Å². The molecule has 2 rings (SSSR count). The number of nitrogens with zero attached hydrogens (tertiary/aromatic N) is 1. The van der Waals surface area contributed by atoms with Gasteiger partial charge in [0.15, 0.2) is 0 Å². The van der Waals surface area contributed by atoms with Gasteiger partial charge >= 0.3 is 6.18 Å². The molecule has 2 aromatic rings. The van der Waals surface area contributed by atoms with Crippen LogP contribution in [0.3, 0.4) is 0 Å². The van der Waals surface area contributed by atoms with Crippen LogP contribution < -0.4 is 5.32 Å². The predicted molar refractivity (Wildman–Crippen MR) is 68.7 cm³/mol. The van der Waals surface area contributed by atoms with Crippen LogP contribution in [-0.4, -0.2) is 17.7 Å². The first-order chi connectivity index (χ1) is 9.04. The van der Waals surface area contributed by atoms with Crippen LogP contribution in [-0.2, 0) is 6.54 Å². The first-order valence-electron chi connectivity index (χ1n) is 6.15. The molecule has 0 atom stereocenters. The number of rotatable bonds is 5. The summed E-state index contributed by atoms with van der Waals surface area (Å²) in [5, 5.41) is 5.17. The Hall–Kier alpha value is -1.62. The van der Waals surface area contributed by atoms with Crippen LogP contribution in [0.4, 0.5) is 13.2 Å². The number of pyridine rings is 1. The Labute approximate surface area is 109 Å². The van der Waals surface area contributed by atoms with Gasteiger partial charge in [-0.2, -0.15) is 13.2 Å². The third kappa shape index (κ3) is 4.52. The zero-order valence-corrected chi connectivity index (χ0v) is 10.4. The molecule has 0 fully saturated rings. The quantitative estimate of drug-likeness (QED) is 0.837. The average molecular weight is 268 g/mol. The number of aromatic nitrogens is 1. The number of hydrogen-bond donors (Lipinski definition) is 1. The Morgan fingerprint density at radius 3 is 2.74 bits per heavy atom. The highest BCUT2D eigenvalue weighted by Gasteiger charge is 2.25. The number of alkyl halides is 3. The molecule has 0 aliphatic heterocycles. The summed E-state index contributed by atoms with van der Waals surface area (Å²) >= 11 is 0. The van der Waals surface area contributed by atoms with E-state index in [1.165, 1.54) is 0 Å². The van der Waals surface area contributed by atoms with E-state index in [9.17, 15) is 13.2 Å². The number of nitrogens with one attached hydrogen (secondary N) is 1. The molecule has 1 aromatic heterocycles. The molecule has 0 saturated heterocycles. The minimum Gasteiger partial charge on any atom is -0.313 e. The second-order valence-corrected chi connectivity index (χ2v) is 4.45. The van der Waals surface area contributed by atoms with E-state index >= 15 is 0 Å². The van der Waals surface area contributed by atoms with Crippen molar-refractivity contribution in [1.82, 2.24) is 10.3 Å². The molecule has 0 amide bonds. The van der Waals surface area contributed by atoms with Crippen LogP contribution in [0, 0.1) is 0 Å². The molecule has 2 nitrogen and oxygen atoms in total. The smallest absolute Gasteiger partial charge is 0.313 e. The van der Waals surface area contributed by atoms with Crippen molar-refractivity contribution in [2.45, 2.75) is 25.6 Å². The van der Waals surface area contributed by atoms with Gasteiger partial charge in [-0.15, -0.1) is 0 Å². The minimum absolute atomic E-state index is 0.112. The highest BCUT2D eigenvalue weighted by Crippen LogP contribution is 2.20. The van der Waals surface area contributed by atoms with Crippen molar-refractivity contribution in [2.24, 2.45) is 0 Å². The number of halogens is 3. The summed E-state index contributed by atoms with van der Waals surface area (Å²) in [5.74, 6) is 0. The molecule has 1 N–H and O–H groups in total. The van der Waals surface area contributed by atoms with E-state index in [1.807, 2.05) is 24.3 Å². The fourth-order valence-corrected chi connectivity index (χ4v) is 1.89. The molecular weight excluding hydrogens is 253 g/mol. The molecule has 0 aliphatic rings. The summed E-state index contributed by atoms with van der Waals surface area (Å²) in [6, 6.07) is 7.87. The Balaban J connectivity index is 1.82. The maximum absolute atomic E-state index is 11.9. The van der Waals surface area contributed by atoms with E-state index < -0.39 is 12.6 Å². The van der Waals surface area contributed by atoms with Gasteiger partial charge in [0.25, 0.3) is 0 Å². The standard InChI is InChI=1S/C14H15F3N2/c15-14(16,17)5-1-6-18-9-11-2-3-13-10-19-7-4-12(13)8-11/h2-4,7-8,10,18H,1,5-6,9H2. The van der Waals surface area contributed by atoms with Crippen molar-refractivity contribution in [1.29, 1.82) is 0 Å². The molecule has 0 spiro atoms. The first kappa shape index (κ1) is 13.8. The number of benzene rings is 1. The van der Waals surface area contributed by atoms with Gasteiger partial charge in [-0.3, -0.25) is 4.98 Å². The van der Waals surface area contributed by atoms with Crippen LogP contribution in [0.25, 0.3) is 10.8 Å². The minimum atomic E-state index is -4.06. The fraction of sp³-hybridized carbons (Fsp3) is 0.357. The molecule has 0 radical (unpaired) electrons. The summed E-state index contributed by atoms with van der Waals surface area (Å²) in [7, 11) is 0. The summed E-state index contributed by atoms with van der Waals surface area (Å²) in [6.45, 7) is 0.948. The van der Waals surface area contributed by atoms with Gasteiger partial charge in [0.05, 0.1) is 0 Å². The Kier molecular flexibility index (Phi) is 4.37. The molecule has 5 heteroatoms. The van der Waals surface area contributed by atoms with Crippen molar-refractivity contribution >= 4 is 10.8 Å². The zero-order valence-electron chi connectivity index (χ0n) is 10.4. The van der Waals surface area contributed by atoms with Crippen LogP contribution in [0.15, 0.2) is 36.7 Å². The maximum atomic E-state index is 11.9. The Morgan fingerprint density at radius 1 is 1.11 bits per heavy atom. The molecule has 1 aromatic carbocycles. The normalized spacial score (nSPS) is 11.9. The van der Waals surface area contributed by atoms with Crippen LogP contribution in [0.2, 0.25) is 0 Å². The SMILES string of the molecule is FC(F)(F)CCCNCc1ccc2cnccc2c1. The Bertz CT molecular complexity index is 537. The largest absolute Gasteiger partial charge is 0.389 e. The van der Waals surface area contributed by atoms with Gasteiger partial charge in [0.1, 0.15) is 0 Å². The van der Waals surface area contributed by atoms with Crippen molar-refractivity contribution in [2.75, 3.05) is 6.54 Å². The molecule has 102 valence electrons. The molecular formula is C14H15F3N2. The molecule has 0 saturated carbocycles. The van der Waals surface area contributed by atoms with Gasteiger partial charge in [-0.25, -0.2) is 0 Å².